The molecule has 0 unspecified atom stereocenters. The van der Waals surface area contributed by atoms with Gasteiger partial charge in [0.25, 0.3) is 5.91 Å². The molecule has 0 aromatic carbocycles. The van der Waals surface area contributed by atoms with E-state index in [4.69, 9.17) is 0 Å². The predicted octanol–water partition coefficient (Wildman–Crippen LogP) is 1.98. The molecule has 0 fully saturated rings. The molecule has 0 bridgehead atoms. The van der Waals surface area contributed by atoms with Gasteiger partial charge < -0.3 is 0 Å². The van der Waals surface area contributed by atoms with Gasteiger partial charge in [-0.05, 0) is 0 Å². The molecule has 1 aliphatic heterocycles. The maximum atomic E-state index is 10.7. The van der Waals surface area contributed by atoms with Crippen LogP contribution < -0.4 is 0 Å². The minimum absolute atomic E-state index is 0.137. The Labute approximate surface area is 80.4 Å². The quantitative estimate of drug-likeness (QED) is 0.541. The van der Waals surface area contributed by atoms with Gasteiger partial charge in [0.15, 0.2) is 0 Å². The summed E-state index contributed by atoms with van der Waals surface area (Å²) < 4.78 is 0. The van der Waals surface area contributed by atoms with Gasteiger partial charge in [0.05, 0.1) is 0 Å². The molecule has 0 aliphatic carbocycles. The van der Waals surface area contributed by atoms with E-state index in [9.17, 15) is 9.59 Å². The van der Waals surface area contributed by atoms with E-state index in [2.05, 4.69) is 0 Å². The van der Waals surface area contributed by atoms with Crippen molar-refractivity contribution in [2.24, 2.45) is 0 Å². The highest BCUT2D eigenvalue weighted by atomic mass is 16.2. The zero-order valence-corrected chi connectivity index (χ0v) is 9.13. The van der Waals surface area contributed by atoms with E-state index in [1.165, 1.54) is 13.1 Å². The minimum Gasteiger partial charge on any atom is -0.282 e. The van der Waals surface area contributed by atoms with Crippen LogP contribution in [0, 0.1) is 0 Å². The Bertz CT molecular complexity index is 185. The molecule has 0 atom stereocenters. The maximum absolute atomic E-state index is 10.7. The number of hydrogen-bond acceptors (Lipinski definition) is 2. The molecule has 1 aliphatic rings. The standard InChI is InChI=1S/C6H7NO2.2C2H6/c1-7-5(8)3-2-4-6(7)9;2*1-2/h2-3H,4H2,1H3;2*1-2H3. The van der Waals surface area contributed by atoms with E-state index in [-0.39, 0.29) is 11.8 Å². The monoisotopic (exact) mass is 185 g/mol. The number of nitrogens with zero attached hydrogens (tertiary/aromatic N) is 1. The number of rotatable bonds is 0. The summed E-state index contributed by atoms with van der Waals surface area (Å²) in [5.74, 6) is -0.367. The second-order valence-corrected chi connectivity index (χ2v) is 1.90. The smallest absolute Gasteiger partial charge is 0.252 e. The van der Waals surface area contributed by atoms with E-state index >= 15 is 0 Å². The summed E-state index contributed by atoms with van der Waals surface area (Å²) in [5, 5.41) is 0. The fraction of sp³-hybridized carbons (Fsp3) is 0.600. The summed E-state index contributed by atoms with van der Waals surface area (Å²) in [6, 6.07) is 0. The largest absolute Gasteiger partial charge is 0.282 e. The molecule has 0 spiro atoms. The van der Waals surface area contributed by atoms with Gasteiger partial charge in [-0.1, -0.05) is 33.8 Å². The van der Waals surface area contributed by atoms with Gasteiger partial charge in [-0.15, -0.1) is 0 Å². The molecule has 0 saturated heterocycles. The van der Waals surface area contributed by atoms with Crippen LogP contribution in [0.25, 0.3) is 0 Å². The molecule has 0 radical (unpaired) electrons. The van der Waals surface area contributed by atoms with Crippen molar-refractivity contribution in [1.29, 1.82) is 0 Å². The first-order valence-corrected chi connectivity index (χ1v) is 4.69. The van der Waals surface area contributed by atoms with Crippen molar-refractivity contribution in [3.63, 3.8) is 0 Å². The molecule has 13 heavy (non-hydrogen) atoms. The molecule has 0 aromatic rings. The van der Waals surface area contributed by atoms with E-state index in [1.54, 1.807) is 6.08 Å². The van der Waals surface area contributed by atoms with Gasteiger partial charge in [0.2, 0.25) is 5.91 Å². The van der Waals surface area contributed by atoms with Crippen LogP contribution in [0.1, 0.15) is 34.1 Å². The first kappa shape index (κ1) is 14.4. The summed E-state index contributed by atoms with van der Waals surface area (Å²) in [7, 11) is 1.48. The first-order chi connectivity index (χ1) is 6.22. The van der Waals surface area contributed by atoms with Crippen LogP contribution in [-0.2, 0) is 9.59 Å². The molecule has 3 nitrogen and oxygen atoms in total. The summed E-state index contributed by atoms with van der Waals surface area (Å²) in [5.41, 5.74) is 0. The van der Waals surface area contributed by atoms with Crippen LogP contribution in [0.5, 0.6) is 0 Å². The zero-order chi connectivity index (χ0) is 10.9. The summed E-state index contributed by atoms with van der Waals surface area (Å²) in [4.78, 5) is 22.4. The third-order valence-electron chi connectivity index (χ3n) is 1.26. The zero-order valence-electron chi connectivity index (χ0n) is 9.13. The third-order valence-corrected chi connectivity index (χ3v) is 1.26. The second-order valence-electron chi connectivity index (χ2n) is 1.90. The Morgan fingerprint density at radius 3 is 1.92 bits per heavy atom. The fourth-order valence-corrected chi connectivity index (χ4v) is 0.632. The molecular weight excluding hydrogens is 166 g/mol. The van der Waals surface area contributed by atoms with Crippen LogP contribution in [0.2, 0.25) is 0 Å². The van der Waals surface area contributed by atoms with Gasteiger partial charge in [-0.3, -0.25) is 14.5 Å². The van der Waals surface area contributed by atoms with Gasteiger partial charge in [0, 0.05) is 19.5 Å². The number of hydrogen-bond donors (Lipinski definition) is 0. The second kappa shape index (κ2) is 8.97. The summed E-state index contributed by atoms with van der Waals surface area (Å²) >= 11 is 0. The molecule has 76 valence electrons. The van der Waals surface area contributed by atoms with E-state index in [0.717, 1.165) is 4.90 Å². The van der Waals surface area contributed by atoms with Crippen molar-refractivity contribution in [3.05, 3.63) is 12.2 Å². The lowest BCUT2D eigenvalue weighted by atomic mass is 10.2. The topological polar surface area (TPSA) is 37.4 Å². The fourth-order valence-electron chi connectivity index (χ4n) is 0.632. The normalized spacial score (nSPS) is 14.1. The molecule has 1 heterocycles. The average molecular weight is 185 g/mol. The van der Waals surface area contributed by atoms with E-state index in [0.29, 0.717) is 6.42 Å². The lowest BCUT2D eigenvalue weighted by molar-refractivity contribution is -0.140. The molecule has 0 aromatic heterocycles. The SMILES string of the molecule is CC.CC.CN1C(=O)C=CCC1=O. The van der Waals surface area contributed by atoms with Gasteiger partial charge in [-0.2, -0.15) is 0 Å². The highest BCUT2D eigenvalue weighted by Gasteiger charge is 2.16. The lowest BCUT2D eigenvalue weighted by Gasteiger charge is -2.14. The Kier molecular flexibility index (Phi) is 9.94. The van der Waals surface area contributed by atoms with Crippen LogP contribution in [0.4, 0.5) is 0 Å². The number of carbonyl (C=O) groups is 2. The van der Waals surface area contributed by atoms with Crippen molar-refractivity contribution in [2.45, 2.75) is 34.1 Å². The van der Waals surface area contributed by atoms with E-state index < -0.39 is 0 Å². The van der Waals surface area contributed by atoms with Crippen LogP contribution >= 0.6 is 0 Å². The van der Waals surface area contributed by atoms with Crippen LogP contribution in [-0.4, -0.2) is 23.8 Å². The Morgan fingerprint density at radius 2 is 1.62 bits per heavy atom. The average Bonchev–Trinajstić information content (AvgIpc) is 2.20. The number of carbonyl (C=O) groups excluding carboxylic acids is 2. The number of imide groups is 1. The highest BCUT2D eigenvalue weighted by Crippen LogP contribution is 2.00. The molecule has 0 N–H and O–H groups in total. The Morgan fingerprint density at radius 1 is 1.15 bits per heavy atom. The molecule has 3 heteroatoms. The van der Waals surface area contributed by atoms with Crippen molar-refractivity contribution < 1.29 is 9.59 Å². The van der Waals surface area contributed by atoms with Gasteiger partial charge >= 0.3 is 0 Å². The predicted molar refractivity (Wildman–Crippen MR) is 54.2 cm³/mol. The number of amides is 2. The first-order valence-electron chi connectivity index (χ1n) is 4.69. The van der Waals surface area contributed by atoms with Crippen molar-refractivity contribution in [2.75, 3.05) is 7.05 Å². The molecule has 0 saturated carbocycles. The minimum atomic E-state index is -0.230. The van der Waals surface area contributed by atoms with Crippen molar-refractivity contribution >= 4 is 11.8 Å². The Balaban J connectivity index is 0. The lowest BCUT2D eigenvalue weighted by Crippen LogP contribution is -2.33. The number of likely N-dealkylation sites (N-methyl/N-ethyl adjacent to an activating group) is 1. The van der Waals surface area contributed by atoms with Crippen molar-refractivity contribution in [1.82, 2.24) is 4.90 Å². The van der Waals surface area contributed by atoms with Crippen LogP contribution in [0.3, 0.4) is 0 Å². The third kappa shape index (κ3) is 5.17. The molecule has 2 amide bonds. The van der Waals surface area contributed by atoms with Crippen molar-refractivity contribution in [3.8, 4) is 0 Å². The Hall–Kier alpha value is -1.12. The van der Waals surface area contributed by atoms with E-state index in [1.807, 2.05) is 27.7 Å². The molecule has 1 rings (SSSR count). The van der Waals surface area contributed by atoms with Crippen LogP contribution in [0.15, 0.2) is 12.2 Å². The molecular formula is C10H19NO2. The summed E-state index contributed by atoms with van der Waals surface area (Å²) in [6.07, 6.45) is 3.33. The van der Waals surface area contributed by atoms with Gasteiger partial charge in [0.1, 0.15) is 0 Å². The van der Waals surface area contributed by atoms with Gasteiger partial charge in [-0.25, -0.2) is 0 Å². The summed E-state index contributed by atoms with van der Waals surface area (Å²) in [6.45, 7) is 8.00. The maximum Gasteiger partial charge on any atom is 0.252 e. The highest BCUT2D eigenvalue weighted by molar-refractivity contribution is 6.03.